The lowest BCUT2D eigenvalue weighted by molar-refractivity contribution is -0.116. The molecule has 0 saturated heterocycles. The molecule has 5 nitrogen and oxygen atoms in total. The maximum absolute atomic E-state index is 12.3. The first-order valence-electron chi connectivity index (χ1n) is 9.40. The number of anilines is 1. The topological polar surface area (TPSA) is 50.8 Å². The Balaban J connectivity index is 1.52. The third-order valence-electron chi connectivity index (χ3n) is 5.03. The van der Waals surface area contributed by atoms with E-state index in [1.165, 1.54) is 17.5 Å². The quantitative estimate of drug-likeness (QED) is 0.773. The molecule has 1 aliphatic rings. The van der Waals surface area contributed by atoms with E-state index in [-0.39, 0.29) is 5.91 Å². The SMILES string of the molecule is COc1cccc(CN(C)CCC(=O)Nc2ccc3c(c2)CCC3)c1OC. The zero-order valence-corrected chi connectivity index (χ0v) is 16.4. The molecule has 0 aromatic heterocycles. The van der Waals surface area contributed by atoms with E-state index in [1.54, 1.807) is 14.2 Å². The van der Waals surface area contributed by atoms with Gasteiger partial charge in [-0.25, -0.2) is 0 Å². The van der Waals surface area contributed by atoms with Gasteiger partial charge in [0.2, 0.25) is 5.91 Å². The Morgan fingerprint density at radius 2 is 1.93 bits per heavy atom. The van der Waals surface area contributed by atoms with Gasteiger partial charge in [-0.2, -0.15) is 0 Å². The van der Waals surface area contributed by atoms with Gasteiger partial charge in [0.1, 0.15) is 0 Å². The summed E-state index contributed by atoms with van der Waals surface area (Å²) in [5, 5.41) is 3.02. The molecule has 1 N–H and O–H groups in total. The Morgan fingerprint density at radius 3 is 2.70 bits per heavy atom. The van der Waals surface area contributed by atoms with Gasteiger partial charge in [-0.05, 0) is 55.6 Å². The standard InChI is InChI=1S/C22H28N2O3/c1-24(15-18-8-5-9-20(26-2)22(18)27-3)13-12-21(25)23-19-11-10-16-6-4-7-17(16)14-19/h5,8-11,14H,4,6-7,12-13,15H2,1-3H3,(H,23,25). The van der Waals surface area contributed by atoms with Gasteiger partial charge in [0, 0.05) is 30.8 Å². The van der Waals surface area contributed by atoms with Gasteiger partial charge in [0.15, 0.2) is 11.5 Å². The Labute approximate surface area is 161 Å². The van der Waals surface area contributed by atoms with Crippen molar-refractivity contribution in [2.75, 3.05) is 33.1 Å². The van der Waals surface area contributed by atoms with Crippen LogP contribution in [0.5, 0.6) is 11.5 Å². The number of fused-ring (bicyclic) bond motifs is 1. The molecule has 0 bridgehead atoms. The van der Waals surface area contributed by atoms with Crippen molar-refractivity contribution in [2.24, 2.45) is 0 Å². The highest BCUT2D eigenvalue weighted by Gasteiger charge is 2.14. The fourth-order valence-corrected chi connectivity index (χ4v) is 3.61. The van der Waals surface area contributed by atoms with Gasteiger partial charge in [-0.15, -0.1) is 0 Å². The van der Waals surface area contributed by atoms with E-state index in [4.69, 9.17) is 9.47 Å². The van der Waals surface area contributed by atoms with Crippen LogP contribution in [0.2, 0.25) is 0 Å². The molecule has 144 valence electrons. The van der Waals surface area contributed by atoms with Crippen LogP contribution in [-0.4, -0.2) is 38.6 Å². The Hall–Kier alpha value is -2.53. The first-order valence-corrected chi connectivity index (χ1v) is 9.40. The van der Waals surface area contributed by atoms with Crippen LogP contribution in [0.1, 0.15) is 29.5 Å². The minimum Gasteiger partial charge on any atom is -0.493 e. The van der Waals surface area contributed by atoms with E-state index >= 15 is 0 Å². The molecule has 0 aliphatic heterocycles. The molecule has 0 heterocycles. The van der Waals surface area contributed by atoms with Gasteiger partial charge in [-0.1, -0.05) is 18.2 Å². The zero-order chi connectivity index (χ0) is 19.2. The average molecular weight is 368 g/mol. The Kier molecular flexibility index (Phi) is 6.35. The third kappa shape index (κ3) is 4.80. The van der Waals surface area contributed by atoms with Crippen LogP contribution in [0.15, 0.2) is 36.4 Å². The predicted octanol–water partition coefficient (Wildman–Crippen LogP) is 3.65. The number of aryl methyl sites for hydroxylation is 2. The lowest BCUT2D eigenvalue weighted by Gasteiger charge is -2.19. The largest absolute Gasteiger partial charge is 0.493 e. The third-order valence-corrected chi connectivity index (χ3v) is 5.03. The maximum Gasteiger partial charge on any atom is 0.225 e. The van der Waals surface area contributed by atoms with Crippen molar-refractivity contribution < 1.29 is 14.3 Å². The van der Waals surface area contributed by atoms with Gasteiger partial charge in [0.25, 0.3) is 0 Å². The molecule has 0 saturated carbocycles. The molecule has 1 aliphatic carbocycles. The summed E-state index contributed by atoms with van der Waals surface area (Å²) in [5.41, 5.74) is 4.73. The van der Waals surface area contributed by atoms with Gasteiger partial charge in [0.05, 0.1) is 14.2 Å². The lowest BCUT2D eigenvalue weighted by atomic mass is 10.1. The summed E-state index contributed by atoms with van der Waals surface area (Å²) in [6, 6.07) is 12.1. The number of para-hydroxylation sites is 1. The molecule has 0 radical (unpaired) electrons. The van der Waals surface area contributed by atoms with Gasteiger partial charge in [-0.3, -0.25) is 4.79 Å². The minimum atomic E-state index is 0.0393. The van der Waals surface area contributed by atoms with Crippen molar-refractivity contribution in [3.05, 3.63) is 53.1 Å². The van der Waals surface area contributed by atoms with Crippen LogP contribution in [0.4, 0.5) is 5.69 Å². The van der Waals surface area contributed by atoms with E-state index in [2.05, 4.69) is 22.3 Å². The van der Waals surface area contributed by atoms with E-state index in [9.17, 15) is 4.79 Å². The van der Waals surface area contributed by atoms with Crippen LogP contribution >= 0.6 is 0 Å². The molecule has 0 spiro atoms. The fourth-order valence-electron chi connectivity index (χ4n) is 3.61. The highest BCUT2D eigenvalue weighted by molar-refractivity contribution is 5.91. The summed E-state index contributed by atoms with van der Waals surface area (Å²) < 4.78 is 10.8. The molecule has 5 heteroatoms. The van der Waals surface area contributed by atoms with Crippen LogP contribution in [0.25, 0.3) is 0 Å². The van der Waals surface area contributed by atoms with Crippen molar-refractivity contribution >= 4 is 11.6 Å². The second-order valence-electron chi connectivity index (χ2n) is 7.03. The van der Waals surface area contributed by atoms with Crippen molar-refractivity contribution in [1.82, 2.24) is 4.90 Å². The zero-order valence-electron chi connectivity index (χ0n) is 16.4. The summed E-state index contributed by atoms with van der Waals surface area (Å²) in [7, 11) is 5.28. The number of amides is 1. The highest BCUT2D eigenvalue weighted by Crippen LogP contribution is 2.31. The average Bonchev–Trinajstić information content (AvgIpc) is 3.14. The second-order valence-corrected chi connectivity index (χ2v) is 7.03. The summed E-state index contributed by atoms with van der Waals surface area (Å²) in [6.07, 6.45) is 3.93. The van der Waals surface area contributed by atoms with Gasteiger partial charge < -0.3 is 19.7 Å². The molecular formula is C22H28N2O3. The smallest absolute Gasteiger partial charge is 0.225 e. The van der Waals surface area contributed by atoms with Crippen LogP contribution in [0, 0.1) is 0 Å². The number of hydrogen-bond acceptors (Lipinski definition) is 4. The number of rotatable bonds is 8. The van der Waals surface area contributed by atoms with Crippen molar-refractivity contribution in [1.29, 1.82) is 0 Å². The molecular weight excluding hydrogens is 340 g/mol. The van der Waals surface area contributed by atoms with E-state index in [1.807, 2.05) is 31.3 Å². The van der Waals surface area contributed by atoms with Crippen molar-refractivity contribution in [2.45, 2.75) is 32.2 Å². The molecule has 0 unspecified atom stereocenters. The fraction of sp³-hybridized carbons (Fsp3) is 0.409. The summed E-state index contributed by atoms with van der Waals surface area (Å²) in [5.74, 6) is 1.50. The van der Waals surface area contributed by atoms with Crippen LogP contribution < -0.4 is 14.8 Å². The molecule has 2 aromatic rings. The van der Waals surface area contributed by atoms with Crippen LogP contribution in [-0.2, 0) is 24.2 Å². The number of methoxy groups -OCH3 is 2. The van der Waals surface area contributed by atoms with Crippen LogP contribution in [0.3, 0.4) is 0 Å². The summed E-state index contributed by atoms with van der Waals surface area (Å²) >= 11 is 0. The van der Waals surface area contributed by atoms with Crippen molar-refractivity contribution in [3.63, 3.8) is 0 Å². The lowest BCUT2D eigenvalue weighted by Crippen LogP contribution is -2.24. The van der Waals surface area contributed by atoms with E-state index in [0.29, 0.717) is 19.5 Å². The normalized spacial score (nSPS) is 12.7. The molecule has 27 heavy (non-hydrogen) atoms. The number of ether oxygens (including phenoxy) is 2. The number of carbonyl (C=O) groups excluding carboxylic acids is 1. The molecule has 0 fully saturated rings. The van der Waals surface area contributed by atoms with E-state index < -0.39 is 0 Å². The number of nitrogens with one attached hydrogen (secondary N) is 1. The number of hydrogen-bond donors (Lipinski definition) is 1. The maximum atomic E-state index is 12.3. The highest BCUT2D eigenvalue weighted by atomic mass is 16.5. The number of benzene rings is 2. The molecule has 3 rings (SSSR count). The number of nitrogens with zero attached hydrogens (tertiary/aromatic N) is 1. The molecule has 1 amide bonds. The monoisotopic (exact) mass is 368 g/mol. The number of carbonyl (C=O) groups is 1. The second kappa shape index (κ2) is 8.91. The summed E-state index contributed by atoms with van der Waals surface area (Å²) in [6.45, 7) is 1.35. The van der Waals surface area contributed by atoms with E-state index in [0.717, 1.165) is 35.6 Å². The Morgan fingerprint density at radius 1 is 1.11 bits per heavy atom. The van der Waals surface area contributed by atoms with Crippen molar-refractivity contribution in [3.8, 4) is 11.5 Å². The van der Waals surface area contributed by atoms with Gasteiger partial charge >= 0.3 is 0 Å². The predicted molar refractivity (Wildman–Crippen MR) is 108 cm³/mol. The summed E-state index contributed by atoms with van der Waals surface area (Å²) in [4.78, 5) is 14.4. The molecule has 2 aromatic carbocycles. The minimum absolute atomic E-state index is 0.0393. The first kappa shape index (κ1) is 19.2. The Bertz CT molecular complexity index is 804. The molecule has 0 atom stereocenters. The first-order chi connectivity index (χ1) is 13.1.